The van der Waals surface area contributed by atoms with Gasteiger partial charge in [-0.25, -0.2) is 23.5 Å². The van der Waals surface area contributed by atoms with Crippen molar-refractivity contribution in [1.29, 1.82) is 0 Å². The van der Waals surface area contributed by atoms with Crippen LogP contribution in [0, 0.1) is 0 Å². The first kappa shape index (κ1) is 24.5. The van der Waals surface area contributed by atoms with Crippen molar-refractivity contribution >= 4 is 23.5 Å². The van der Waals surface area contributed by atoms with Gasteiger partial charge in [-0.3, -0.25) is 0 Å². The van der Waals surface area contributed by atoms with Crippen LogP contribution in [-0.4, -0.2) is 38.3 Å². The van der Waals surface area contributed by atoms with E-state index in [0.717, 1.165) is 40.5 Å². The van der Waals surface area contributed by atoms with E-state index in [0.29, 0.717) is 18.7 Å². The fraction of sp³-hybridized carbons (Fsp3) is 0.304. The molecule has 0 atom stereocenters. The van der Waals surface area contributed by atoms with Crippen LogP contribution in [0.4, 0.5) is 19.1 Å². The number of carbonyl (C=O) groups is 1. The van der Waals surface area contributed by atoms with Crippen LogP contribution in [0.25, 0.3) is 5.69 Å². The summed E-state index contributed by atoms with van der Waals surface area (Å²) < 4.78 is 40.6. The number of hydrogen-bond donors (Lipinski definition) is 1. The van der Waals surface area contributed by atoms with Gasteiger partial charge in [-0.05, 0) is 55.2 Å². The third kappa shape index (κ3) is 5.09. The molecule has 0 amide bonds. The van der Waals surface area contributed by atoms with Crippen molar-refractivity contribution in [3.8, 4) is 5.69 Å². The maximum absolute atomic E-state index is 13.5. The number of nitrogens with zero attached hydrogens (tertiary/aromatic N) is 4. The number of halogens is 4. The van der Waals surface area contributed by atoms with E-state index in [2.05, 4.69) is 4.98 Å². The molecule has 3 aromatic rings. The van der Waals surface area contributed by atoms with Gasteiger partial charge in [0.1, 0.15) is 0 Å². The lowest BCUT2D eigenvalue weighted by atomic mass is 10.1. The van der Waals surface area contributed by atoms with Crippen molar-refractivity contribution in [2.45, 2.75) is 32.0 Å². The molecule has 12 heteroatoms. The van der Waals surface area contributed by atoms with E-state index in [1.807, 2.05) is 0 Å². The molecule has 1 aliphatic rings. The molecular weight excluding hydrogens is 489 g/mol. The zero-order valence-corrected chi connectivity index (χ0v) is 19.0. The predicted molar refractivity (Wildman–Crippen MR) is 123 cm³/mol. The van der Waals surface area contributed by atoms with Crippen molar-refractivity contribution < 1.29 is 23.1 Å². The highest BCUT2D eigenvalue weighted by molar-refractivity contribution is 6.33. The highest BCUT2D eigenvalue weighted by Gasteiger charge is 2.30. The lowest BCUT2D eigenvalue weighted by molar-refractivity contribution is -0.137. The summed E-state index contributed by atoms with van der Waals surface area (Å²) in [5.74, 6) is -1.22. The molecule has 8 nitrogen and oxygen atoms in total. The Kier molecular flexibility index (Phi) is 6.70. The molecule has 0 radical (unpaired) electrons. The van der Waals surface area contributed by atoms with Crippen LogP contribution in [0.2, 0.25) is 5.02 Å². The first-order chi connectivity index (χ1) is 16.6. The minimum absolute atomic E-state index is 0.0279. The Hall–Kier alpha value is -3.60. The van der Waals surface area contributed by atoms with Gasteiger partial charge in [0.15, 0.2) is 0 Å². The van der Waals surface area contributed by atoms with Crippen LogP contribution >= 0.6 is 11.6 Å². The number of hydrogen-bond acceptors (Lipinski definition) is 5. The SMILES string of the molecule is O=C(O)c1cc(-n2c(N3CCCCC3)nc(=O)n(Cc3ccc(C(F)(F)F)cc3)c2=O)ccc1Cl. The number of anilines is 1. The normalized spacial score (nSPS) is 14.2. The summed E-state index contributed by atoms with van der Waals surface area (Å²) in [6.07, 6.45) is -1.89. The average Bonchev–Trinajstić information content (AvgIpc) is 2.82. The monoisotopic (exact) mass is 508 g/mol. The highest BCUT2D eigenvalue weighted by atomic mass is 35.5. The second kappa shape index (κ2) is 9.57. The Bertz CT molecular complexity index is 1380. The number of carboxylic acid groups (broad SMARTS) is 1. The standard InChI is InChI=1S/C23H20ClF3N4O4/c24-18-9-8-16(12-17(18)19(32)33)31-20(29-10-2-1-3-11-29)28-21(34)30(22(31)35)13-14-4-6-15(7-5-14)23(25,26)27/h4-9,12H,1-3,10-11,13H2,(H,32,33). The molecule has 2 aromatic carbocycles. The predicted octanol–water partition coefficient (Wildman–Crippen LogP) is 3.80. The van der Waals surface area contributed by atoms with Crippen molar-refractivity contribution in [2.75, 3.05) is 18.0 Å². The third-order valence-electron chi connectivity index (χ3n) is 5.75. The van der Waals surface area contributed by atoms with E-state index in [1.165, 1.54) is 30.3 Å². The Morgan fingerprint density at radius 3 is 2.29 bits per heavy atom. The molecule has 1 N–H and O–H groups in total. The van der Waals surface area contributed by atoms with Gasteiger partial charge in [0, 0.05) is 13.1 Å². The molecule has 0 bridgehead atoms. The fourth-order valence-electron chi connectivity index (χ4n) is 3.95. The molecule has 35 heavy (non-hydrogen) atoms. The fourth-order valence-corrected chi connectivity index (χ4v) is 4.15. The van der Waals surface area contributed by atoms with Crippen LogP contribution in [0.5, 0.6) is 0 Å². The lowest BCUT2D eigenvalue weighted by Gasteiger charge is -2.29. The number of benzene rings is 2. The van der Waals surface area contributed by atoms with Crippen LogP contribution in [0.1, 0.15) is 40.7 Å². The quantitative estimate of drug-likeness (QED) is 0.563. The summed E-state index contributed by atoms with van der Waals surface area (Å²) >= 11 is 5.99. The van der Waals surface area contributed by atoms with Gasteiger partial charge in [0.2, 0.25) is 5.95 Å². The largest absolute Gasteiger partial charge is 0.478 e. The van der Waals surface area contributed by atoms with Gasteiger partial charge in [-0.2, -0.15) is 18.2 Å². The molecule has 2 heterocycles. The molecule has 0 unspecified atom stereocenters. The number of rotatable bonds is 5. The summed E-state index contributed by atoms with van der Waals surface area (Å²) in [7, 11) is 0. The number of aromatic nitrogens is 3. The van der Waals surface area contributed by atoms with E-state index in [-0.39, 0.29) is 28.8 Å². The van der Waals surface area contributed by atoms with E-state index in [9.17, 15) is 32.7 Å². The smallest absolute Gasteiger partial charge is 0.416 e. The van der Waals surface area contributed by atoms with Gasteiger partial charge in [-0.15, -0.1) is 0 Å². The molecule has 1 aliphatic heterocycles. The molecule has 0 aliphatic carbocycles. The second-order valence-electron chi connectivity index (χ2n) is 8.11. The Morgan fingerprint density at radius 1 is 1.03 bits per heavy atom. The zero-order valence-electron chi connectivity index (χ0n) is 18.3. The third-order valence-corrected chi connectivity index (χ3v) is 6.08. The molecule has 184 valence electrons. The van der Waals surface area contributed by atoms with Gasteiger partial charge in [0.05, 0.1) is 28.4 Å². The molecule has 1 saturated heterocycles. The summed E-state index contributed by atoms with van der Waals surface area (Å²) in [6.45, 7) is 0.783. The van der Waals surface area contributed by atoms with Crippen LogP contribution < -0.4 is 16.3 Å². The van der Waals surface area contributed by atoms with Gasteiger partial charge in [-0.1, -0.05) is 23.7 Å². The highest BCUT2D eigenvalue weighted by Crippen LogP contribution is 2.29. The molecule has 1 fully saturated rings. The van der Waals surface area contributed by atoms with Crippen LogP contribution in [0.3, 0.4) is 0 Å². The van der Waals surface area contributed by atoms with Crippen molar-refractivity contribution in [2.24, 2.45) is 0 Å². The van der Waals surface area contributed by atoms with E-state index in [4.69, 9.17) is 11.6 Å². The first-order valence-corrected chi connectivity index (χ1v) is 11.1. The molecular formula is C23H20ClF3N4O4. The number of alkyl halides is 3. The lowest BCUT2D eigenvalue weighted by Crippen LogP contribution is -2.45. The summed E-state index contributed by atoms with van der Waals surface area (Å²) in [5, 5.41) is 9.44. The zero-order chi connectivity index (χ0) is 25.3. The maximum atomic E-state index is 13.5. The van der Waals surface area contributed by atoms with E-state index in [1.54, 1.807) is 4.90 Å². The minimum Gasteiger partial charge on any atom is -0.478 e. The molecule has 4 rings (SSSR count). The topological polar surface area (TPSA) is 97.4 Å². The Labute approximate surface area is 201 Å². The molecule has 0 saturated carbocycles. The van der Waals surface area contributed by atoms with E-state index < -0.39 is 29.1 Å². The van der Waals surface area contributed by atoms with Crippen molar-refractivity contribution in [1.82, 2.24) is 14.1 Å². The Morgan fingerprint density at radius 2 is 1.69 bits per heavy atom. The number of piperidine rings is 1. The average molecular weight is 509 g/mol. The summed E-state index contributed by atoms with van der Waals surface area (Å²) in [5.41, 5.74) is -2.32. The van der Waals surface area contributed by atoms with Crippen molar-refractivity contribution in [3.63, 3.8) is 0 Å². The molecule has 0 spiro atoms. The van der Waals surface area contributed by atoms with Crippen molar-refractivity contribution in [3.05, 3.63) is 85.1 Å². The Balaban J connectivity index is 1.86. The maximum Gasteiger partial charge on any atom is 0.416 e. The molecule has 1 aromatic heterocycles. The number of carboxylic acids is 1. The second-order valence-corrected chi connectivity index (χ2v) is 8.52. The number of aromatic carboxylic acids is 1. The van der Waals surface area contributed by atoms with Crippen LogP contribution in [-0.2, 0) is 12.7 Å². The summed E-state index contributed by atoms with van der Waals surface area (Å²) in [4.78, 5) is 43.9. The first-order valence-electron chi connectivity index (χ1n) is 10.7. The van der Waals surface area contributed by atoms with Gasteiger partial charge in [0.25, 0.3) is 0 Å². The van der Waals surface area contributed by atoms with Gasteiger partial charge >= 0.3 is 23.5 Å². The minimum atomic E-state index is -4.52. The summed E-state index contributed by atoms with van der Waals surface area (Å²) in [6, 6.07) is 8.09. The van der Waals surface area contributed by atoms with Gasteiger partial charge < -0.3 is 10.0 Å². The van der Waals surface area contributed by atoms with Crippen LogP contribution in [0.15, 0.2) is 52.1 Å². The van der Waals surface area contributed by atoms with E-state index >= 15 is 0 Å².